The third-order valence-corrected chi connectivity index (χ3v) is 4.00. The van der Waals surface area contributed by atoms with E-state index in [1.165, 1.54) is 37.2 Å². The van der Waals surface area contributed by atoms with Gasteiger partial charge in [0.05, 0.1) is 0 Å². The second-order valence-corrected chi connectivity index (χ2v) is 7.00. The number of benzene rings is 1. The van der Waals surface area contributed by atoms with Crippen LogP contribution in [0.15, 0.2) is 24.3 Å². The molecular formula is C17H28N2. The van der Waals surface area contributed by atoms with E-state index in [-0.39, 0.29) is 5.41 Å². The van der Waals surface area contributed by atoms with Crippen LogP contribution in [0.1, 0.15) is 38.3 Å². The average molecular weight is 260 g/mol. The Morgan fingerprint density at radius 3 is 2.42 bits per heavy atom. The molecule has 0 bridgehead atoms. The molecule has 1 fully saturated rings. The molecule has 1 saturated heterocycles. The lowest BCUT2D eigenvalue weighted by Gasteiger charge is -2.22. The van der Waals surface area contributed by atoms with Crippen LogP contribution < -0.4 is 5.32 Å². The summed E-state index contributed by atoms with van der Waals surface area (Å²) in [6.07, 6.45) is 1.33. The molecule has 1 aliphatic heterocycles. The van der Waals surface area contributed by atoms with Gasteiger partial charge in [0, 0.05) is 13.1 Å². The van der Waals surface area contributed by atoms with Gasteiger partial charge in [-0.3, -0.25) is 0 Å². The van der Waals surface area contributed by atoms with E-state index in [0.717, 1.165) is 12.5 Å². The highest BCUT2D eigenvalue weighted by molar-refractivity contribution is 5.27. The van der Waals surface area contributed by atoms with Gasteiger partial charge in [-0.1, -0.05) is 45.0 Å². The van der Waals surface area contributed by atoms with Crippen molar-refractivity contribution in [1.29, 1.82) is 0 Å². The van der Waals surface area contributed by atoms with E-state index >= 15 is 0 Å². The van der Waals surface area contributed by atoms with Gasteiger partial charge in [0.2, 0.25) is 0 Å². The van der Waals surface area contributed by atoms with Crippen LogP contribution in [0.25, 0.3) is 0 Å². The Hall–Kier alpha value is -0.860. The van der Waals surface area contributed by atoms with Crippen LogP contribution >= 0.6 is 0 Å². The number of hydrogen-bond acceptors (Lipinski definition) is 2. The average Bonchev–Trinajstić information content (AvgIpc) is 2.81. The second kappa shape index (κ2) is 6.06. The first kappa shape index (κ1) is 14.5. The zero-order chi connectivity index (χ0) is 13.9. The maximum Gasteiger partial charge on any atom is 0.0230 e. The summed E-state index contributed by atoms with van der Waals surface area (Å²) < 4.78 is 0. The molecule has 1 aliphatic rings. The van der Waals surface area contributed by atoms with Gasteiger partial charge in [0.15, 0.2) is 0 Å². The molecule has 106 valence electrons. The predicted octanol–water partition coefficient (Wildman–Crippen LogP) is 3.03. The Morgan fingerprint density at radius 2 is 1.89 bits per heavy atom. The lowest BCUT2D eigenvalue weighted by molar-refractivity contribution is 0.278. The van der Waals surface area contributed by atoms with Crippen molar-refractivity contribution in [1.82, 2.24) is 10.2 Å². The second-order valence-electron chi connectivity index (χ2n) is 7.00. The minimum absolute atomic E-state index is 0.250. The zero-order valence-corrected chi connectivity index (χ0v) is 12.9. The van der Waals surface area contributed by atoms with Crippen LogP contribution in [0, 0.1) is 5.92 Å². The minimum atomic E-state index is 0.250. The molecule has 1 aromatic rings. The maximum absolute atomic E-state index is 3.44. The summed E-state index contributed by atoms with van der Waals surface area (Å²) in [6, 6.07) is 9.12. The Kier molecular flexibility index (Phi) is 4.64. The van der Waals surface area contributed by atoms with E-state index in [1.54, 1.807) is 0 Å². The summed E-state index contributed by atoms with van der Waals surface area (Å²) in [5.74, 6) is 0.832. The fourth-order valence-corrected chi connectivity index (χ4v) is 2.80. The highest BCUT2D eigenvalue weighted by Gasteiger charge is 2.17. The molecule has 0 amide bonds. The Balaban J connectivity index is 1.88. The summed E-state index contributed by atoms with van der Waals surface area (Å²) >= 11 is 0. The van der Waals surface area contributed by atoms with Crippen molar-refractivity contribution in [2.45, 2.75) is 39.2 Å². The van der Waals surface area contributed by atoms with Gasteiger partial charge < -0.3 is 10.2 Å². The third kappa shape index (κ3) is 4.32. The molecule has 1 unspecified atom stereocenters. The van der Waals surface area contributed by atoms with Crippen LogP contribution in [0.2, 0.25) is 0 Å². The van der Waals surface area contributed by atoms with Gasteiger partial charge in [-0.2, -0.15) is 0 Å². The monoisotopic (exact) mass is 260 g/mol. The van der Waals surface area contributed by atoms with Crippen LogP contribution in [0.4, 0.5) is 0 Å². The van der Waals surface area contributed by atoms with Crippen molar-refractivity contribution in [3.63, 3.8) is 0 Å². The summed E-state index contributed by atoms with van der Waals surface area (Å²) in [5, 5.41) is 3.44. The molecule has 1 atom stereocenters. The lowest BCUT2D eigenvalue weighted by Crippen LogP contribution is -2.26. The van der Waals surface area contributed by atoms with E-state index in [9.17, 15) is 0 Å². The van der Waals surface area contributed by atoms with Crippen molar-refractivity contribution in [3.8, 4) is 0 Å². The zero-order valence-electron chi connectivity index (χ0n) is 12.9. The van der Waals surface area contributed by atoms with Crippen LogP contribution in [0.5, 0.6) is 0 Å². The summed E-state index contributed by atoms with van der Waals surface area (Å²) in [4.78, 5) is 2.45. The molecule has 0 radical (unpaired) electrons. The van der Waals surface area contributed by atoms with Gasteiger partial charge in [-0.05, 0) is 49.0 Å². The number of nitrogens with one attached hydrogen (secondary N) is 1. The fraction of sp³-hybridized carbons (Fsp3) is 0.647. The van der Waals surface area contributed by atoms with Gasteiger partial charge in [-0.15, -0.1) is 0 Å². The first-order valence-electron chi connectivity index (χ1n) is 7.44. The first-order chi connectivity index (χ1) is 8.95. The third-order valence-electron chi connectivity index (χ3n) is 4.00. The fourth-order valence-electron chi connectivity index (χ4n) is 2.80. The molecule has 1 aromatic carbocycles. The molecule has 1 N–H and O–H groups in total. The largest absolute Gasteiger partial charge is 0.316 e. The highest BCUT2D eigenvalue weighted by atomic mass is 15.1. The molecule has 2 heteroatoms. The molecule has 2 rings (SSSR count). The van der Waals surface area contributed by atoms with E-state index in [4.69, 9.17) is 0 Å². The van der Waals surface area contributed by atoms with Gasteiger partial charge in [-0.25, -0.2) is 0 Å². The lowest BCUT2D eigenvalue weighted by atomic mass is 9.87. The first-order valence-corrected chi connectivity index (χ1v) is 7.44. The molecule has 1 heterocycles. The maximum atomic E-state index is 3.44. The van der Waals surface area contributed by atoms with Crippen molar-refractivity contribution < 1.29 is 0 Å². The van der Waals surface area contributed by atoms with Gasteiger partial charge in [0.1, 0.15) is 0 Å². The molecule has 0 aromatic heterocycles. The normalized spacial score (nSPS) is 20.2. The van der Waals surface area contributed by atoms with Gasteiger partial charge in [0.25, 0.3) is 0 Å². The Bertz CT molecular complexity index is 383. The van der Waals surface area contributed by atoms with Crippen molar-refractivity contribution >= 4 is 0 Å². The number of rotatable bonds is 4. The molecular weight excluding hydrogens is 232 g/mol. The van der Waals surface area contributed by atoms with Gasteiger partial charge >= 0.3 is 0 Å². The molecule has 2 nitrogen and oxygen atoms in total. The van der Waals surface area contributed by atoms with Crippen LogP contribution in [-0.2, 0) is 12.0 Å². The summed E-state index contributed by atoms with van der Waals surface area (Å²) in [6.45, 7) is 11.4. The summed E-state index contributed by atoms with van der Waals surface area (Å²) in [5.41, 5.74) is 3.08. The van der Waals surface area contributed by atoms with E-state index in [1.807, 2.05) is 0 Å². The minimum Gasteiger partial charge on any atom is -0.316 e. The Morgan fingerprint density at radius 1 is 1.21 bits per heavy atom. The topological polar surface area (TPSA) is 15.3 Å². The SMILES string of the molecule is CN(Cc1ccc(C(C)(C)C)cc1)CC1CCNC1. The molecule has 0 aliphatic carbocycles. The number of hydrogen-bond donors (Lipinski definition) is 1. The number of nitrogens with zero attached hydrogens (tertiary/aromatic N) is 1. The smallest absolute Gasteiger partial charge is 0.0230 e. The van der Waals surface area contributed by atoms with Crippen molar-refractivity contribution in [2.75, 3.05) is 26.7 Å². The van der Waals surface area contributed by atoms with Crippen LogP contribution in [-0.4, -0.2) is 31.6 Å². The molecule has 19 heavy (non-hydrogen) atoms. The summed E-state index contributed by atoms with van der Waals surface area (Å²) in [7, 11) is 2.23. The van der Waals surface area contributed by atoms with E-state index < -0.39 is 0 Å². The van der Waals surface area contributed by atoms with Crippen molar-refractivity contribution in [2.24, 2.45) is 5.92 Å². The van der Waals surface area contributed by atoms with Crippen LogP contribution in [0.3, 0.4) is 0 Å². The van der Waals surface area contributed by atoms with E-state index in [2.05, 4.69) is 62.3 Å². The predicted molar refractivity (Wildman–Crippen MR) is 82.5 cm³/mol. The molecule has 0 saturated carbocycles. The molecule has 0 spiro atoms. The Labute approximate surface area is 118 Å². The van der Waals surface area contributed by atoms with Crippen molar-refractivity contribution in [3.05, 3.63) is 35.4 Å². The van der Waals surface area contributed by atoms with E-state index in [0.29, 0.717) is 0 Å². The highest BCUT2D eigenvalue weighted by Crippen LogP contribution is 2.22. The quantitative estimate of drug-likeness (QED) is 0.895. The standard InChI is InChI=1S/C17H28N2/c1-17(2,3)16-7-5-14(6-8-16)12-19(4)13-15-9-10-18-11-15/h5-8,15,18H,9-13H2,1-4H3.